The fourth-order valence-electron chi connectivity index (χ4n) is 8.69. The summed E-state index contributed by atoms with van der Waals surface area (Å²) in [5.74, 6) is 0.250. The van der Waals surface area contributed by atoms with Gasteiger partial charge in [-0.3, -0.25) is 4.99 Å². The standard InChI is InChI=1S/C17H14.C14H13NO.C14H25P.ClH.Ru/c1-12-6-3-4-9-15(12)16-11-10-14-8-5-7-13(2)17(14)16;1-11-6-2-4-8-13(11)15-10-12-7-3-5-9-14(12)16;1-2-6-12(7-3-1)15-13-8-4-9-14(15)11-5-10-13;;/h3-9,11H,1-2H3;2-10,16H,1H3;12-14H,1-11H2;1H;/q;;;;+1. The van der Waals surface area contributed by atoms with Crippen molar-refractivity contribution in [2.45, 2.75) is 108 Å². The van der Waals surface area contributed by atoms with E-state index in [9.17, 15) is 5.11 Å². The zero-order valence-corrected chi connectivity index (χ0v) is 33.4. The Kier molecular flexibility index (Phi) is 13.5. The van der Waals surface area contributed by atoms with Gasteiger partial charge in [-0.15, -0.1) is 0 Å². The molecule has 2 saturated heterocycles. The molecule has 0 atom stereocenters. The first-order chi connectivity index (χ1) is 24.4. The molecule has 0 aromatic heterocycles. The van der Waals surface area contributed by atoms with Gasteiger partial charge < -0.3 is 5.11 Å². The van der Waals surface area contributed by atoms with Gasteiger partial charge in [-0.1, -0.05) is 36.8 Å². The topological polar surface area (TPSA) is 32.6 Å². The van der Waals surface area contributed by atoms with E-state index in [1.807, 2.05) is 43.3 Å². The molecule has 0 unspecified atom stereocenters. The molecule has 1 saturated carbocycles. The number of aryl methyl sites for hydroxylation is 3. The van der Waals surface area contributed by atoms with Crippen molar-refractivity contribution in [3.8, 4) is 5.75 Å². The number of nitrogens with zero attached hydrogens (tertiary/aromatic N) is 1. The number of hydrogen-bond donors (Lipinski definition) is 1. The van der Waals surface area contributed by atoms with E-state index in [1.165, 1.54) is 54.5 Å². The van der Waals surface area contributed by atoms with Gasteiger partial charge in [0.2, 0.25) is 0 Å². The van der Waals surface area contributed by atoms with E-state index in [0.29, 0.717) is 0 Å². The molecule has 5 heteroatoms. The van der Waals surface area contributed by atoms with Crippen LogP contribution in [0.4, 0.5) is 5.69 Å². The zero-order valence-electron chi connectivity index (χ0n) is 30.0. The number of aromatic hydroxyl groups is 1. The number of fused-ring (bicyclic) bond motifs is 3. The Bertz CT molecular complexity index is 1770. The summed E-state index contributed by atoms with van der Waals surface area (Å²) in [6.07, 6.45) is 21.6. The normalized spacial score (nSPS) is 22.4. The Morgan fingerprint density at radius 1 is 0.640 bits per heavy atom. The van der Waals surface area contributed by atoms with E-state index in [-0.39, 0.29) is 29.4 Å². The molecule has 4 aromatic carbocycles. The second-order valence-electron chi connectivity index (χ2n) is 14.5. The van der Waals surface area contributed by atoms with Crippen molar-refractivity contribution in [3.05, 3.63) is 136 Å². The molecule has 4 aliphatic rings. The number of halogens is 1. The number of rotatable bonds is 4. The number of phenols is 1. The Morgan fingerprint density at radius 2 is 1.20 bits per heavy atom. The molecule has 263 valence electrons. The Hall–Kier alpha value is -2.70. The van der Waals surface area contributed by atoms with E-state index < -0.39 is 0 Å². The number of allylic oxidation sites excluding steroid dienone is 1. The summed E-state index contributed by atoms with van der Waals surface area (Å²) < 4.78 is 1.31. The Labute approximate surface area is 313 Å². The van der Waals surface area contributed by atoms with Crippen LogP contribution >= 0.6 is 17.6 Å². The molecular formula is C45H53ClNOPRu+. The number of hydrogen-bond acceptors (Lipinski definition) is 2. The van der Waals surface area contributed by atoms with Crippen molar-refractivity contribution < 1.29 is 20.8 Å². The van der Waals surface area contributed by atoms with Crippen LogP contribution in [0.25, 0.3) is 5.57 Å². The molecule has 0 radical (unpaired) electrons. The van der Waals surface area contributed by atoms with E-state index in [1.54, 1.807) is 89.0 Å². The Balaban J connectivity index is 0.000000131. The summed E-state index contributed by atoms with van der Waals surface area (Å²) in [6, 6.07) is 30.1. The van der Waals surface area contributed by atoms with Crippen LogP contribution in [0.2, 0.25) is 0 Å². The number of benzene rings is 4. The molecule has 3 fully saturated rings. The average molecular weight is 791 g/mol. The molecule has 2 aliphatic heterocycles. The van der Waals surface area contributed by atoms with Gasteiger partial charge in [-0.25, -0.2) is 0 Å². The number of phenolic OH excluding ortho intramolecular Hbond substituents is 1. The molecule has 50 heavy (non-hydrogen) atoms. The first-order valence-electron chi connectivity index (χ1n) is 18.7. The monoisotopic (exact) mass is 791 g/mol. The van der Waals surface area contributed by atoms with Crippen LogP contribution in [0, 0.1) is 20.8 Å². The summed E-state index contributed by atoms with van der Waals surface area (Å²) in [5, 5.41) is 9.57. The molecule has 0 spiro atoms. The summed E-state index contributed by atoms with van der Waals surface area (Å²) >= 11 is -0.237. The van der Waals surface area contributed by atoms with Gasteiger partial charge in [0.05, 0.1) is 22.7 Å². The van der Waals surface area contributed by atoms with Gasteiger partial charge in [0.25, 0.3) is 0 Å². The van der Waals surface area contributed by atoms with E-state index in [0.717, 1.165) is 16.8 Å². The van der Waals surface area contributed by atoms with Crippen molar-refractivity contribution >= 4 is 39.2 Å². The third kappa shape index (κ3) is 9.02. The predicted molar refractivity (Wildman–Crippen MR) is 216 cm³/mol. The van der Waals surface area contributed by atoms with Crippen molar-refractivity contribution in [1.29, 1.82) is 0 Å². The van der Waals surface area contributed by atoms with Gasteiger partial charge in [-0.2, -0.15) is 0 Å². The van der Waals surface area contributed by atoms with Crippen LogP contribution < -0.4 is 0 Å². The minimum absolute atomic E-state index is 0.0712. The third-order valence-corrected chi connectivity index (χ3v) is 17.7. The molecule has 1 N–H and O–H groups in total. The first-order valence-corrected chi connectivity index (χ1v) is 23.5. The molecule has 2 nitrogen and oxygen atoms in total. The van der Waals surface area contributed by atoms with Gasteiger partial charge in [0.15, 0.2) is 0 Å². The summed E-state index contributed by atoms with van der Waals surface area (Å²) in [4.78, 5) is 4.35. The van der Waals surface area contributed by atoms with Crippen LogP contribution in [-0.4, -0.2) is 32.4 Å². The van der Waals surface area contributed by atoms with Gasteiger partial charge in [0.1, 0.15) is 5.75 Å². The molecule has 2 bridgehead atoms. The molecule has 0 amide bonds. The summed E-state index contributed by atoms with van der Waals surface area (Å²) in [5.41, 5.74) is 14.5. The van der Waals surface area contributed by atoms with Gasteiger partial charge in [-0.05, 0) is 94.9 Å². The minimum atomic E-state index is -0.237. The van der Waals surface area contributed by atoms with Crippen LogP contribution in [0.1, 0.15) is 110 Å². The van der Waals surface area contributed by atoms with Crippen molar-refractivity contribution in [3.63, 3.8) is 0 Å². The minimum Gasteiger partial charge on any atom is -0.507 e. The van der Waals surface area contributed by atoms with E-state index in [4.69, 9.17) is 9.69 Å². The first kappa shape index (κ1) is 37.1. The number of para-hydroxylation sites is 2. The molecule has 4 aromatic rings. The fourth-order valence-corrected chi connectivity index (χ4v) is 15.5. The fraction of sp³-hybridized carbons (Fsp3) is 0.378. The molecule has 2 heterocycles. The van der Waals surface area contributed by atoms with Crippen LogP contribution in [0.5, 0.6) is 5.75 Å². The molecule has 2 aliphatic carbocycles. The maximum Gasteiger partial charge on any atom is 0.124 e. The maximum atomic E-state index is 9.57. The van der Waals surface area contributed by atoms with E-state index >= 15 is 0 Å². The molecule has 8 rings (SSSR count). The average Bonchev–Trinajstić information content (AvgIpc) is 3.52. The zero-order chi connectivity index (χ0) is 34.9. The van der Waals surface area contributed by atoms with E-state index in [2.05, 4.69) is 67.4 Å². The molecular weight excluding hydrogens is 738 g/mol. The Morgan fingerprint density at radius 3 is 1.84 bits per heavy atom. The smallest absolute Gasteiger partial charge is 0.124 e. The van der Waals surface area contributed by atoms with Crippen LogP contribution in [0.3, 0.4) is 0 Å². The number of aliphatic imine (C=N–C) groups is 1. The second-order valence-corrected chi connectivity index (χ2v) is 20.0. The largest absolute Gasteiger partial charge is 0.507 e. The van der Waals surface area contributed by atoms with Crippen LogP contribution in [-0.2, 0) is 15.7 Å². The van der Waals surface area contributed by atoms with Crippen molar-refractivity contribution in [2.24, 2.45) is 4.99 Å². The third-order valence-electron chi connectivity index (χ3n) is 11.2. The van der Waals surface area contributed by atoms with Gasteiger partial charge in [0, 0.05) is 19.7 Å². The predicted octanol–water partition coefficient (Wildman–Crippen LogP) is 12.6. The maximum absolute atomic E-state index is 9.57. The van der Waals surface area contributed by atoms with Crippen LogP contribution in [0.15, 0.2) is 102 Å². The summed E-state index contributed by atoms with van der Waals surface area (Å²) in [6.45, 7) is 6.36. The quantitative estimate of drug-likeness (QED) is 0.125. The second kappa shape index (κ2) is 18.2. The van der Waals surface area contributed by atoms with Gasteiger partial charge >= 0.3 is 125 Å². The van der Waals surface area contributed by atoms with Crippen molar-refractivity contribution in [2.75, 3.05) is 0 Å². The SMILES string of the molecule is C1CCC([PH+]2C3CCCC2CCC3)CC1.Cc1ccccc1C1=C[C](=[Ru][Cl])c2cccc(C)c21.Cc1ccccc1N=Cc1ccccc1O. The summed E-state index contributed by atoms with van der Waals surface area (Å²) in [7, 11) is 6.26. The van der Waals surface area contributed by atoms with Crippen molar-refractivity contribution in [1.82, 2.24) is 0 Å².